The molecule has 0 bridgehead atoms. The van der Waals surface area contributed by atoms with E-state index in [1.165, 1.54) is 64.2 Å². The molecule has 0 rings (SSSR count). The van der Waals surface area contributed by atoms with Crippen LogP contribution in [0.2, 0.25) is 0 Å². The van der Waals surface area contributed by atoms with Gasteiger partial charge in [0.1, 0.15) is 12.1 Å². The average Bonchev–Trinajstić information content (AvgIpc) is 2.95. The Kier molecular flexibility index (Phi) is 44.2. The van der Waals surface area contributed by atoms with Crippen LogP contribution in [0.3, 0.4) is 0 Å². The molecule has 12 nitrogen and oxygen atoms in total. The maximum absolute atomic E-state index is 11.4. The molecule has 0 saturated heterocycles. The van der Waals surface area contributed by atoms with Crippen molar-refractivity contribution in [2.75, 3.05) is 0 Å². The standard InChI is InChI=1S/2C16H29NO5.2K/c2*1-2-3-4-5-6-7-8-9-10-11-15(20)22-16(21)13(17)12-14(18)19;;/h2*13H,2-12,17H2,1H3,(H,18,19);;/q;;2*+1/p-2/t2*13-;;/m00../s1. The smallest absolute Gasteiger partial charge is 0.550 e. The molecule has 0 aliphatic carbocycles. The number of esters is 4. The molecule has 0 spiro atoms. The van der Waals surface area contributed by atoms with Crippen LogP contribution in [0.4, 0.5) is 0 Å². The Labute approximate surface area is 360 Å². The molecule has 14 heteroatoms. The fraction of sp³-hybridized carbons (Fsp3) is 0.812. The van der Waals surface area contributed by atoms with Gasteiger partial charge in [0, 0.05) is 37.6 Å². The van der Waals surface area contributed by atoms with Crippen LogP contribution in [0, 0.1) is 0 Å². The van der Waals surface area contributed by atoms with Crippen LogP contribution >= 0.6 is 0 Å². The minimum Gasteiger partial charge on any atom is -0.550 e. The molecule has 256 valence electrons. The molecular formula is C32H56K2N2O10. The maximum Gasteiger partial charge on any atom is 1.00 e. The third kappa shape index (κ3) is 38.9. The molecule has 0 aliphatic heterocycles. The Balaban J connectivity index is -0.000000367. The van der Waals surface area contributed by atoms with Crippen LogP contribution in [0.1, 0.15) is 155 Å². The van der Waals surface area contributed by atoms with E-state index in [1.54, 1.807) is 0 Å². The van der Waals surface area contributed by atoms with Gasteiger partial charge in [-0.2, -0.15) is 0 Å². The number of carboxylic acids is 2. The second kappa shape index (κ2) is 38.2. The first-order valence-corrected chi connectivity index (χ1v) is 16.3. The Morgan fingerprint density at radius 3 is 0.957 bits per heavy atom. The first-order valence-electron chi connectivity index (χ1n) is 16.3. The van der Waals surface area contributed by atoms with Crippen molar-refractivity contribution in [3.8, 4) is 0 Å². The number of carboxylic acid groups (broad SMARTS) is 2. The number of unbranched alkanes of at least 4 members (excludes halogenated alkanes) is 16. The van der Waals surface area contributed by atoms with E-state index in [1.807, 2.05) is 0 Å². The number of ether oxygens (including phenoxy) is 2. The molecule has 0 fully saturated rings. The Hall–Kier alpha value is 0.413. The Bertz CT molecular complexity index is 765. The molecule has 0 amide bonds. The third-order valence-corrected chi connectivity index (χ3v) is 6.78. The van der Waals surface area contributed by atoms with Crippen LogP contribution < -0.4 is 124 Å². The molecule has 2 atom stereocenters. The molecule has 4 N–H and O–H groups in total. The maximum atomic E-state index is 11.4. The zero-order chi connectivity index (χ0) is 33.6. The van der Waals surface area contributed by atoms with E-state index in [4.69, 9.17) is 11.5 Å². The minimum absolute atomic E-state index is 0. The van der Waals surface area contributed by atoms with E-state index in [0.717, 1.165) is 38.5 Å². The molecule has 0 unspecified atom stereocenters. The minimum atomic E-state index is -1.45. The van der Waals surface area contributed by atoms with Crippen LogP contribution in [0.25, 0.3) is 0 Å². The van der Waals surface area contributed by atoms with E-state index in [2.05, 4.69) is 23.3 Å². The van der Waals surface area contributed by atoms with Crippen molar-refractivity contribution >= 4 is 35.8 Å². The van der Waals surface area contributed by atoms with Gasteiger partial charge in [0.2, 0.25) is 0 Å². The topological polar surface area (TPSA) is 219 Å². The van der Waals surface area contributed by atoms with E-state index in [9.17, 15) is 39.0 Å². The number of hydrogen-bond donors (Lipinski definition) is 2. The van der Waals surface area contributed by atoms with Crippen molar-refractivity contribution in [3.63, 3.8) is 0 Å². The Morgan fingerprint density at radius 2 is 0.717 bits per heavy atom. The van der Waals surface area contributed by atoms with Gasteiger partial charge in [-0.3, -0.25) is 9.59 Å². The van der Waals surface area contributed by atoms with Crippen molar-refractivity contribution in [1.29, 1.82) is 0 Å². The first kappa shape index (κ1) is 53.2. The molecule has 46 heavy (non-hydrogen) atoms. The SMILES string of the molecule is CCCCCCCCCCCC(=O)OC(=O)[C@@H](N)CC(=O)[O-].CCCCCCCCCCCC(=O)OC(=O)[C@@H](N)CC(=O)[O-].[K+].[K+]. The normalized spacial score (nSPS) is 11.4. The van der Waals surface area contributed by atoms with Gasteiger partial charge in [-0.05, 0) is 12.8 Å². The summed E-state index contributed by atoms with van der Waals surface area (Å²) in [4.78, 5) is 65.9. The summed E-state index contributed by atoms with van der Waals surface area (Å²) in [7, 11) is 0. The molecule has 0 saturated carbocycles. The summed E-state index contributed by atoms with van der Waals surface area (Å²) in [5, 5.41) is 20.5. The van der Waals surface area contributed by atoms with Crippen molar-refractivity contribution in [2.24, 2.45) is 11.5 Å². The van der Waals surface area contributed by atoms with Crippen molar-refractivity contribution < 1.29 is 151 Å². The second-order valence-electron chi connectivity index (χ2n) is 11.1. The molecule has 0 aromatic rings. The van der Waals surface area contributed by atoms with Crippen LogP contribution in [0.5, 0.6) is 0 Å². The summed E-state index contributed by atoms with van der Waals surface area (Å²) in [5.41, 5.74) is 10.5. The summed E-state index contributed by atoms with van der Waals surface area (Å²) >= 11 is 0. The monoisotopic (exact) mass is 706 g/mol. The fourth-order valence-corrected chi connectivity index (χ4v) is 4.16. The largest absolute Gasteiger partial charge is 1.00 e. The summed E-state index contributed by atoms with van der Waals surface area (Å²) in [6.45, 7) is 4.38. The summed E-state index contributed by atoms with van der Waals surface area (Å²) in [6.07, 6.45) is 19.3. The molecule has 0 aliphatic rings. The van der Waals surface area contributed by atoms with Gasteiger partial charge in [0.05, 0.1) is 0 Å². The number of carbonyl (C=O) groups excluding carboxylic acids is 6. The molecular weight excluding hydrogens is 651 g/mol. The summed E-state index contributed by atoms with van der Waals surface area (Å²) in [5.74, 6) is -6.22. The number of nitrogens with two attached hydrogens (primary N) is 2. The average molecular weight is 707 g/mol. The summed E-state index contributed by atoms with van der Waals surface area (Å²) in [6, 6.07) is -2.70. The van der Waals surface area contributed by atoms with Crippen molar-refractivity contribution in [2.45, 2.75) is 167 Å². The Morgan fingerprint density at radius 1 is 0.478 bits per heavy atom. The molecule has 0 aromatic carbocycles. The van der Waals surface area contributed by atoms with E-state index in [0.29, 0.717) is 12.8 Å². The van der Waals surface area contributed by atoms with Gasteiger partial charge >= 0.3 is 127 Å². The van der Waals surface area contributed by atoms with Crippen molar-refractivity contribution in [1.82, 2.24) is 0 Å². The number of aliphatic carboxylic acids is 2. The molecule has 0 aromatic heterocycles. The van der Waals surface area contributed by atoms with Crippen LogP contribution in [-0.2, 0) is 38.2 Å². The van der Waals surface area contributed by atoms with E-state index in [-0.39, 0.29) is 116 Å². The van der Waals surface area contributed by atoms with E-state index < -0.39 is 60.7 Å². The van der Waals surface area contributed by atoms with Gasteiger partial charge in [-0.15, -0.1) is 0 Å². The molecule has 0 heterocycles. The van der Waals surface area contributed by atoms with Gasteiger partial charge in [0.15, 0.2) is 0 Å². The van der Waals surface area contributed by atoms with Crippen LogP contribution in [0.15, 0.2) is 0 Å². The summed E-state index contributed by atoms with van der Waals surface area (Å²) < 4.78 is 8.98. The van der Waals surface area contributed by atoms with Gasteiger partial charge in [-0.1, -0.05) is 117 Å². The van der Waals surface area contributed by atoms with Crippen LogP contribution in [-0.4, -0.2) is 47.9 Å². The van der Waals surface area contributed by atoms with Gasteiger partial charge in [0.25, 0.3) is 0 Å². The second-order valence-corrected chi connectivity index (χ2v) is 11.1. The predicted octanol–water partition coefficient (Wildman–Crippen LogP) is -3.10. The zero-order valence-electron chi connectivity index (χ0n) is 28.9. The number of hydrogen-bond acceptors (Lipinski definition) is 12. The fourth-order valence-electron chi connectivity index (χ4n) is 4.16. The quantitative estimate of drug-likeness (QED) is 0.0396. The molecule has 0 radical (unpaired) electrons. The van der Waals surface area contributed by atoms with E-state index >= 15 is 0 Å². The first-order chi connectivity index (χ1) is 20.9. The number of rotatable bonds is 26. The third-order valence-electron chi connectivity index (χ3n) is 6.78. The zero-order valence-corrected chi connectivity index (χ0v) is 35.2. The van der Waals surface area contributed by atoms with Gasteiger partial charge in [-0.25, -0.2) is 9.59 Å². The predicted molar refractivity (Wildman–Crippen MR) is 161 cm³/mol. The van der Waals surface area contributed by atoms with Gasteiger partial charge < -0.3 is 40.7 Å². The number of carbonyl (C=O) groups is 6. The van der Waals surface area contributed by atoms with Crippen molar-refractivity contribution in [3.05, 3.63) is 0 Å².